The predicted molar refractivity (Wildman–Crippen MR) is 104 cm³/mol. The minimum absolute atomic E-state index is 0.290. The molecule has 0 radical (unpaired) electrons. The molecular formula is C20H26N2O4S. The maximum Gasteiger partial charge on any atom is 0.211 e. The average Bonchev–Trinajstić information content (AvgIpc) is 2.59. The molecule has 3 rings (SSSR count). The molecule has 1 aromatic heterocycles. The van der Waals surface area contributed by atoms with E-state index in [2.05, 4.69) is 4.98 Å². The van der Waals surface area contributed by atoms with E-state index in [-0.39, 0.29) is 6.04 Å². The Labute approximate surface area is 161 Å². The molecule has 0 spiro atoms. The van der Waals surface area contributed by atoms with Crippen LogP contribution in [0.2, 0.25) is 0 Å². The van der Waals surface area contributed by atoms with Crippen molar-refractivity contribution in [2.75, 3.05) is 12.8 Å². The summed E-state index contributed by atoms with van der Waals surface area (Å²) < 4.78 is 38.1. The van der Waals surface area contributed by atoms with E-state index >= 15 is 0 Å². The second-order valence-electron chi connectivity index (χ2n) is 7.36. The van der Waals surface area contributed by atoms with Crippen molar-refractivity contribution in [2.24, 2.45) is 0 Å². The molecule has 0 bridgehead atoms. The summed E-state index contributed by atoms with van der Waals surface area (Å²) in [7, 11) is -3.35. The molecule has 27 heavy (non-hydrogen) atoms. The maximum absolute atomic E-state index is 12.3. The van der Waals surface area contributed by atoms with Gasteiger partial charge in [-0.2, -0.15) is 4.31 Å². The van der Waals surface area contributed by atoms with Gasteiger partial charge in [0.1, 0.15) is 23.7 Å². The summed E-state index contributed by atoms with van der Waals surface area (Å²) in [6.45, 7) is 6.55. The van der Waals surface area contributed by atoms with E-state index < -0.39 is 15.6 Å². The number of nitrogens with zero attached hydrogens (tertiary/aromatic N) is 2. The van der Waals surface area contributed by atoms with Gasteiger partial charge in [0, 0.05) is 24.7 Å². The van der Waals surface area contributed by atoms with Gasteiger partial charge in [-0.15, -0.1) is 0 Å². The highest BCUT2D eigenvalue weighted by Crippen LogP contribution is 2.44. The SMILES string of the molecule is CCN(C1CC(C)(C)Oc2ccc(OCc3ccccn3)cc21)S(C)(=O)=O. The van der Waals surface area contributed by atoms with Gasteiger partial charge in [-0.25, -0.2) is 8.42 Å². The molecule has 0 amide bonds. The van der Waals surface area contributed by atoms with E-state index in [1.807, 2.05) is 57.2 Å². The molecule has 2 aromatic rings. The number of fused-ring (bicyclic) bond motifs is 1. The number of hydrogen-bond acceptors (Lipinski definition) is 5. The molecule has 2 heterocycles. The van der Waals surface area contributed by atoms with Gasteiger partial charge in [0.2, 0.25) is 10.0 Å². The van der Waals surface area contributed by atoms with Crippen LogP contribution in [0.15, 0.2) is 42.6 Å². The van der Waals surface area contributed by atoms with Crippen LogP contribution in [-0.4, -0.2) is 36.1 Å². The Morgan fingerprint density at radius 1 is 1.30 bits per heavy atom. The lowest BCUT2D eigenvalue weighted by Gasteiger charge is -2.41. The maximum atomic E-state index is 12.3. The molecule has 1 aliphatic heterocycles. The lowest BCUT2D eigenvalue weighted by Crippen LogP contribution is -2.43. The van der Waals surface area contributed by atoms with Crippen LogP contribution in [0.3, 0.4) is 0 Å². The molecule has 0 saturated heterocycles. The molecule has 0 aliphatic carbocycles. The third-order valence-electron chi connectivity index (χ3n) is 4.61. The number of sulfonamides is 1. The second kappa shape index (κ2) is 7.48. The summed E-state index contributed by atoms with van der Waals surface area (Å²) >= 11 is 0. The van der Waals surface area contributed by atoms with Crippen LogP contribution in [0, 0.1) is 0 Å². The lowest BCUT2D eigenvalue weighted by atomic mass is 9.89. The van der Waals surface area contributed by atoms with E-state index in [1.54, 1.807) is 6.20 Å². The van der Waals surface area contributed by atoms with Crippen LogP contribution in [0.4, 0.5) is 0 Å². The normalized spacial score (nSPS) is 18.6. The summed E-state index contributed by atoms with van der Waals surface area (Å²) in [6.07, 6.45) is 3.55. The Hall–Kier alpha value is -2.12. The zero-order valence-electron chi connectivity index (χ0n) is 16.2. The highest BCUT2D eigenvalue weighted by atomic mass is 32.2. The molecule has 1 unspecified atom stereocenters. The van der Waals surface area contributed by atoms with Gasteiger partial charge in [-0.05, 0) is 44.2 Å². The van der Waals surface area contributed by atoms with Crippen LogP contribution in [0.5, 0.6) is 11.5 Å². The lowest BCUT2D eigenvalue weighted by molar-refractivity contribution is 0.0510. The molecule has 0 fully saturated rings. The van der Waals surface area contributed by atoms with Gasteiger partial charge < -0.3 is 9.47 Å². The molecule has 0 N–H and O–H groups in total. The number of ether oxygens (including phenoxy) is 2. The van der Waals surface area contributed by atoms with Gasteiger partial charge in [0.05, 0.1) is 18.0 Å². The van der Waals surface area contributed by atoms with E-state index in [0.29, 0.717) is 31.1 Å². The largest absolute Gasteiger partial charge is 0.487 e. The molecule has 0 saturated carbocycles. The van der Waals surface area contributed by atoms with Crippen molar-refractivity contribution in [1.29, 1.82) is 0 Å². The van der Waals surface area contributed by atoms with Crippen LogP contribution < -0.4 is 9.47 Å². The van der Waals surface area contributed by atoms with Crippen molar-refractivity contribution in [3.63, 3.8) is 0 Å². The Bertz CT molecular complexity index is 897. The zero-order chi connectivity index (χ0) is 19.7. The smallest absolute Gasteiger partial charge is 0.211 e. The highest BCUT2D eigenvalue weighted by molar-refractivity contribution is 7.88. The summed E-state index contributed by atoms with van der Waals surface area (Å²) in [5, 5.41) is 0. The van der Waals surface area contributed by atoms with Crippen molar-refractivity contribution in [3.05, 3.63) is 53.9 Å². The Kier molecular flexibility index (Phi) is 5.44. The van der Waals surface area contributed by atoms with Crippen LogP contribution in [0.1, 0.15) is 44.5 Å². The zero-order valence-corrected chi connectivity index (χ0v) is 17.0. The number of aromatic nitrogens is 1. The Balaban J connectivity index is 1.92. The third-order valence-corrected chi connectivity index (χ3v) is 5.97. The van der Waals surface area contributed by atoms with Gasteiger partial charge >= 0.3 is 0 Å². The topological polar surface area (TPSA) is 68.7 Å². The number of pyridine rings is 1. The van der Waals surface area contributed by atoms with E-state index in [9.17, 15) is 8.42 Å². The quantitative estimate of drug-likeness (QED) is 0.755. The second-order valence-corrected chi connectivity index (χ2v) is 9.29. The van der Waals surface area contributed by atoms with Gasteiger partial charge in [0.15, 0.2) is 0 Å². The molecular weight excluding hydrogens is 364 g/mol. The third kappa shape index (κ3) is 4.59. The fourth-order valence-corrected chi connectivity index (χ4v) is 4.59. The summed E-state index contributed by atoms with van der Waals surface area (Å²) in [5.41, 5.74) is 1.21. The monoisotopic (exact) mass is 390 g/mol. The molecule has 146 valence electrons. The first-order valence-corrected chi connectivity index (χ1v) is 10.9. The van der Waals surface area contributed by atoms with Crippen molar-refractivity contribution in [2.45, 2.75) is 45.4 Å². The first-order chi connectivity index (χ1) is 12.7. The Morgan fingerprint density at radius 2 is 2.07 bits per heavy atom. The molecule has 7 heteroatoms. The first-order valence-electron chi connectivity index (χ1n) is 9.02. The predicted octanol–water partition coefficient (Wildman–Crippen LogP) is 3.54. The molecule has 1 aromatic carbocycles. The average molecular weight is 391 g/mol. The fourth-order valence-electron chi connectivity index (χ4n) is 3.47. The van der Waals surface area contributed by atoms with Crippen molar-refractivity contribution in [1.82, 2.24) is 9.29 Å². The van der Waals surface area contributed by atoms with Crippen LogP contribution in [-0.2, 0) is 16.6 Å². The van der Waals surface area contributed by atoms with Crippen molar-refractivity contribution >= 4 is 10.0 Å². The number of hydrogen-bond donors (Lipinski definition) is 0. The van der Waals surface area contributed by atoms with Gasteiger partial charge in [-0.1, -0.05) is 13.0 Å². The summed E-state index contributed by atoms with van der Waals surface area (Å²) in [6, 6.07) is 11.0. The number of rotatable bonds is 6. The molecule has 6 nitrogen and oxygen atoms in total. The minimum atomic E-state index is -3.35. The fraction of sp³-hybridized carbons (Fsp3) is 0.450. The number of benzene rings is 1. The molecule has 1 atom stereocenters. The van der Waals surface area contributed by atoms with E-state index in [1.165, 1.54) is 10.6 Å². The molecule has 1 aliphatic rings. The highest BCUT2D eigenvalue weighted by Gasteiger charge is 2.39. The van der Waals surface area contributed by atoms with Crippen molar-refractivity contribution < 1.29 is 17.9 Å². The summed E-state index contributed by atoms with van der Waals surface area (Å²) in [5.74, 6) is 1.36. The van der Waals surface area contributed by atoms with Crippen LogP contribution >= 0.6 is 0 Å². The summed E-state index contributed by atoms with van der Waals surface area (Å²) in [4.78, 5) is 4.25. The van der Waals surface area contributed by atoms with Crippen molar-refractivity contribution in [3.8, 4) is 11.5 Å². The van der Waals surface area contributed by atoms with Gasteiger partial charge in [-0.3, -0.25) is 4.98 Å². The Morgan fingerprint density at radius 3 is 2.70 bits per heavy atom. The van der Waals surface area contributed by atoms with Crippen LogP contribution in [0.25, 0.3) is 0 Å². The minimum Gasteiger partial charge on any atom is -0.487 e. The standard InChI is InChI=1S/C20H26N2O4S/c1-5-22(27(4,23)24)18-13-20(2,3)26-19-10-9-16(12-17(18)19)25-14-15-8-6-7-11-21-15/h6-12,18H,5,13-14H2,1-4H3. The van der Waals surface area contributed by atoms with Gasteiger partial charge in [0.25, 0.3) is 0 Å². The first kappa shape index (κ1) is 19.6. The van der Waals surface area contributed by atoms with E-state index in [4.69, 9.17) is 9.47 Å². The van der Waals surface area contributed by atoms with E-state index in [0.717, 1.165) is 11.3 Å².